The number of para-hydroxylation sites is 1. The molecule has 3 aromatic rings. The summed E-state index contributed by atoms with van der Waals surface area (Å²) < 4.78 is 1.91. The molecule has 0 saturated carbocycles. The van der Waals surface area contributed by atoms with E-state index in [-0.39, 0.29) is 18.2 Å². The third-order valence-electron chi connectivity index (χ3n) is 3.89. The van der Waals surface area contributed by atoms with E-state index in [0.29, 0.717) is 17.5 Å². The maximum absolute atomic E-state index is 12.3. The summed E-state index contributed by atoms with van der Waals surface area (Å²) in [7, 11) is 0. The lowest BCUT2D eigenvalue weighted by molar-refractivity contribution is -0.127. The summed E-state index contributed by atoms with van der Waals surface area (Å²) in [5.41, 5.74) is 1.74. The zero-order valence-electron chi connectivity index (χ0n) is 14.8. The van der Waals surface area contributed by atoms with Crippen molar-refractivity contribution in [2.45, 2.75) is 12.1 Å². The number of benzene rings is 1. The molecule has 136 valence electrons. The predicted molar refractivity (Wildman–Crippen MR) is 103 cm³/mol. The van der Waals surface area contributed by atoms with E-state index in [9.17, 15) is 4.79 Å². The summed E-state index contributed by atoms with van der Waals surface area (Å²) in [6, 6.07) is 15.5. The quantitative estimate of drug-likeness (QED) is 0.464. The highest BCUT2D eigenvalue weighted by Gasteiger charge is 2.18. The Morgan fingerprint density at radius 1 is 1.22 bits per heavy atom. The van der Waals surface area contributed by atoms with Crippen LogP contribution in [-0.4, -0.2) is 49.4 Å². The normalized spacial score (nSPS) is 10.4. The third kappa shape index (κ3) is 4.33. The molecule has 7 nitrogen and oxygen atoms in total. The minimum atomic E-state index is -0.102. The van der Waals surface area contributed by atoms with E-state index in [1.807, 2.05) is 60.0 Å². The van der Waals surface area contributed by atoms with Gasteiger partial charge >= 0.3 is 0 Å². The fourth-order valence-corrected chi connectivity index (χ4v) is 3.39. The highest BCUT2D eigenvalue weighted by molar-refractivity contribution is 7.99. The molecule has 1 aromatic carbocycles. The Morgan fingerprint density at radius 2 is 2.04 bits per heavy atom. The molecule has 0 atom stereocenters. The Balaban J connectivity index is 1.91. The molecule has 0 bridgehead atoms. The van der Waals surface area contributed by atoms with Crippen molar-refractivity contribution < 1.29 is 4.79 Å². The molecule has 8 heteroatoms. The van der Waals surface area contributed by atoms with Gasteiger partial charge in [0.05, 0.1) is 11.8 Å². The molecule has 0 aliphatic carbocycles. The summed E-state index contributed by atoms with van der Waals surface area (Å²) in [5, 5.41) is 18.1. The van der Waals surface area contributed by atoms with E-state index in [1.54, 1.807) is 12.4 Å². The molecular formula is C19H18N6OS. The molecule has 1 amide bonds. The van der Waals surface area contributed by atoms with Crippen molar-refractivity contribution in [3.8, 4) is 23.1 Å². The van der Waals surface area contributed by atoms with E-state index in [0.717, 1.165) is 11.3 Å². The average molecular weight is 378 g/mol. The second kappa shape index (κ2) is 8.96. The summed E-state index contributed by atoms with van der Waals surface area (Å²) in [5.74, 6) is 0.747. The van der Waals surface area contributed by atoms with Gasteiger partial charge in [-0.3, -0.25) is 14.3 Å². The van der Waals surface area contributed by atoms with Crippen LogP contribution in [0.3, 0.4) is 0 Å². The van der Waals surface area contributed by atoms with Gasteiger partial charge in [0.1, 0.15) is 6.54 Å². The number of hydrogen-bond donors (Lipinski definition) is 0. The molecule has 2 aromatic heterocycles. The van der Waals surface area contributed by atoms with Crippen LogP contribution in [0, 0.1) is 11.3 Å². The topological polar surface area (TPSA) is 87.7 Å². The van der Waals surface area contributed by atoms with Gasteiger partial charge in [-0.2, -0.15) is 5.26 Å². The van der Waals surface area contributed by atoms with Gasteiger partial charge in [0.25, 0.3) is 0 Å². The summed E-state index contributed by atoms with van der Waals surface area (Å²) >= 11 is 1.30. The molecule has 3 rings (SSSR count). The lowest BCUT2D eigenvalue weighted by atomic mass is 10.2. The number of carbonyl (C=O) groups excluding carboxylic acids is 1. The van der Waals surface area contributed by atoms with Crippen LogP contribution in [0.5, 0.6) is 0 Å². The zero-order valence-corrected chi connectivity index (χ0v) is 15.6. The molecule has 0 N–H and O–H groups in total. The van der Waals surface area contributed by atoms with Crippen LogP contribution < -0.4 is 0 Å². The molecule has 0 spiro atoms. The number of amides is 1. The van der Waals surface area contributed by atoms with Crippen molar-refractivity contribution in [1.29, 1.82) is 5.26 Å². The minimum Gasteiger partial charge on any atom is -0.329 e. The second-order valence-corrected chi connectivity index (χ2v) is 6.52. The van der Waals surface area contributed by atoms with Crippen LogP contribution in [-0.2, 0) is 4.79 Å². The lowest BCUT2D eigenvalue weighted by Gasteiger charge is -2.16. The molecule has 27 heavy (non-hydrogen) atoms. The lowest BCUT2D eigenvalue weighted by Crippen LogP contribution is -2.32. The first-order chi connectivity index (χ1) is 13.2. The van der Waals surface area contributed by atoms with Crippen LogP contribution in [0.2, 0.25) is 0 Å². The number of hydrogen-bond acceptors (Lipinski definition) is 6. The van der Waals surface area contributed by atoms with E-state index in [2.05, 4.69) is 15.2 Å². The third-order valence-corrected chi connectivity index (χ3v) is 4.80. The minimum absolute atomic E-state index is 0.0855. The number of aromatic nitrogens is 4. The Bertz CT molecular complexity index is 936. The highest BCUT2D eigenvalue weighted by atomic mass is 32.2. The fraction of sp³-hybridized carbons (Fsp3) is 0.211. The Kier molecular flexibility index (Phi) is 6.18. The maximum atomic E-state index is 12.3. The average Bonchev–Trinajstić information content (AvgIpc) is 3.15. The Hall–Kier alpha value is -3.18. The van der Waals surface area contributed by atoms with Crippen molar-refractivity contribution >= 4 is 17.7 Å². The SMILES string of the molecule is CCN(CC#N)C(=O)CSc1nnc(-c2cccnc2)n1-c1ccccc1. The number of nitrogens with zero attached hydrogens (tertiary/aromatic N) is 6. The molecule has 0 unspecified atom stereocenters. The van der Waals surface area contributed by atoms with Crippen molar-refractivity contribution in [3.63, 3.8) is 0 Å². The zero-order chi connectivity index (χ0) is 19.1. The van der Waals surface area contributed by atoms with Gasteiger partial charge < -0.3 is 4.90 Å². The fourth-order valence-electron chi connectivity index (χ4n) is 2.53. The molecule has 0 saturated heterocycles. The molecular weight excluding hydrogens is 360 g/mol. The number of nitriles is 1. The van der Waals surface area contributed by atoms with Gasteiger partial charge in [0.15, 0.2) is 11.0 Å². The standard InChI is InChI=1S/C19H18N6OS/c1-2-24(12-10-20)17(26)14-27-19-23-22-18(15-7-6-11-21-13-15)25(19)16-8-4-3-5-9-16/h3-9,11,13H,2,12,14H2,1H3. The van der Waals surface area contributed by atoms with E-state index in [1.165, 1.54) is 16.7 Å². The number of thioether (sulfide) groups is 1. The first kappa shape index (κ1) is 18.6. The Morgan fingerprint density at radius 3 is 2.70 bits per heavy atom. The summed E-state index contributed by atoms with van der Waals surface area (Å²) in [6.07, 6.45) is 3.43. The van der Waals surface area contributed by atoms with Gasteiger partial charge in [0, 0.05) is 30.2 Å². The van der Waals surface area contributed by atoms with Crippen LogP contribution in [0.1, 0.15) is 6.92 Å². The summed E-state index contributed by atoms with van der Waals surface area (Å²) in [4.78, 5) is 18.0. The van der Waals surface area contributed by atoms with Crippen molar-refractivity contribution in [2.75, 3.05) is 18.8 Å². The van der Waals surface area contributed by atoms with Gasteiger partial charge in [-0.15, -0.1) is 10.2 Å². The predicted octanol–water partition coefficient (Wildman–Crippen LogP) is 2.79. The van der Waals surface area contributed by atoms with E-state index >= 15 is 0 Å². The second-order valence-electron chi connectivity index (χ2n) is 5.57. The molecule has 0 fully saturated rings. The van der Waals surface area contributed by atoms with Crippen LogP contribution in [0.25, 0.3) is 17.1 Å². The number of pyridine rings is 1. The number of carbonyl (C=O) groups is 1. The monoisotopic (exact) mass is 378 g/mol. The first-order valence-electron chi connectivity index (χ1n) is 8.43. The van der Waals surface area contributed by atoms with Crippen molar-refractivity contribution in [1.82, 2.24) is 24.6 Å². The van der Waals surface area contributed by atoms with Crippen molar-refractivity contribution in [3.05, 3.63) is 54.9 Å². The van der Waals surface area contributed by atoms with Crippen LogP contribution in [0.4, 0.5) is 0 Å². The smallest absolute Gasteiger partial charge is 0.233 e. The van der Waals surface area contributed by atoms with E-state index in [4.69, 9.17) is 5.26 Å². The number of rotatable bonds is 7. The molecule has 2 heterocycles. The van der Waals surface area contributed by atoms with Crippen molar-refractivity contribution in [2.24, 2.45) is 0 Å². The molecule has 0 radical (unpaired) electrons. The maximum Gasteiger partial charge on any atom is 0.233 e. The molecule has 0 aliphatic rings. The summed E-state index contributed by atoms with van der Waals surface area (Å²) in [6.45, 7) is 2.44. The highest BCUT2D eigenvalue weighted by Crippen LogP contribution is 2.27. The van der Waals surface area contributed by atoms with Gasteiger partial charge in [-0.25, -0.2) is 0 Å². The largest absolute Gasteiger partial charge is 0.329 e. The van der Waals surface area contributed by atoms with Crippen LogP contribution >= 0.6 is 11.8 Å². The van der Waals surface area contributed by atoms with Crippen LogP contribution in [0.15, 0.2) is 60.0 Å². The van der Waals surface area contributed by atoms with Gasteiger partial charge in [-0.1, -0.05) is 30.0 Å². The Labute approximate surface area is 161 Å². The van der Waals surface area contributed by atoms with Gasteiger partial charge in [0.2, 0.25) is 5.91 Å². The van der Waals surface area contributed by atoms with Gasteiger partial charge in [-0.05, 0) is 31.2 Å². The first-order valence-corrected chi connectivity index (χ1v) is 9.42. The molecule has 0 aliphatic heterocycles. The van der Waals surface area contributed by atoms with E-state index < -0.39 is 0 Å².